The molecule has 0 aliphatic carbocycles. The van der Waals surface area contributed by atoms with Gasteiger partial charge in [-0.05, 0) is 59.4 Å². The minimum atomic E-state index is -3.57. The molecule has 0 fully saturated rings. The first-order valence-electron chi connectivity index (χ1n) is 15.2. The van der Waals surface area contributed by atoms with Gasteiger partial charge in [-0.3, -0.25) is 9.59 Å². The number of ether oxygens (including phenoxy) is 2. The first-order chi connectivity index (χ1) is 22.2. The van der Waals surface area contributed by atoms with E-state index >= 15 is 0 Å². The van der Waals surface area contributed by atoms with Gasteiger partial charge in [0.2, 0.25) is 21.8 Å². The molecule has 0 saturated heterocycles. The molecule has 0 heterocycles. The van der Waals surface area contributed by atoms with Crippen LogP contribution in [0.5, 0.6) is 11.5 Å². The van der Waals surface area contributed by atoms with Crippen molar-refractivity contribution in [2.75, 3.05) is 27.3 Å². The number of benzene rings is 4. The van der Waals surface area contributed by atoms with Crippen LogP contribution in [-0.4, -0.2) is 52.4 Å². The van der Waals surface area contributed by atoms with Crippen molar-refractivity contribution >= 4 is 21.8 Å². The van der Waals surface area contributed by atoms with E-state index in [1.165, 1.54) is 12.1 Å². The molecular weight excluding hydrogens is 602 g/mol. The van der Waals surface area contributed by atoms with E-state index in [-0.39, 0.29) is 29.7 Å². The van der Waals surface area contributed by atoms with Gasteiger partial charge in [-0.25, -0.2) is 13.1 Å². The van der Waals surface area contributed by atoms with E-state index in [1.54, 1.807) is 38.2 Å². The number of carbonyl (C=O) groups is 2. The van der Waals surface area contributed by atoms with Gasteiger partial charge in [-0.1, -0.05) is 85.8 Å². The van der Waals surface area contributed by atoms with Crippen molar-refractivity contribution in [2.24, 2.45) is 0 Å². The number of hydrogen-bond donors (Lipinski definition) is 2. The van der Waals surface area contributed by atoms with E-state index in [1.807, 2.05) is 78.9 Å². The van der Waals surface area contributed by atoms with Gasteiger partial charge in [0.15, 0.2) is 11.5 Å². The molecule has 2 amide bonds. The van der Waals surface area contributed by atoms with Crippen molar-refractivity contribution in [1.82, 2.24) is 14.9 Å². The van der Waals surface area contributed by atoms with Crippen molar-refractivity contribution in [2.45, 2.75) is 43.7 Å². The Kier molecular flexibility index (Phi) is 12.3. The molecular formula is C36H41N3O6S. The third-order valence-corrected chi connectivity index (χ3v) is 9.11. The topological polar surface area (TPSA) is 114 Å². The lowest BCUT2D eigenvalue weighted by Gasteiger charge is -2.32. The zero-order chi connectivity index (χ0) is 32.9. The van der Waals surface area contributed by atoms with Crippen molar-refractivity contribution in [3.63, 3.8) is 0 Å². The van der Waals surface area contributed by atoms with E-state index in [9.17, 15) is 18.0 Å². The van der Waals surface area contributed by atoms with Crippen LogP contribution in [0.25, 0.3) is 0 Å². The molecule has 2 N–H and O–H groups in total. The molecule has 9 nitrogen and oxygen atoms in total. The Bertz CT molecular complexity index is 1680. The SMILES string of the molecule is CCNS(=O)(=O)c1ccc(CCC(=O)N(Cc2ccccc2)[C@H](C(=O)NCCc2ccc(OC)c(OC)c2)c2ccccc2)cc1. The minimum absolute atomic E-state index is 0.133. The Labute approximate surface area is 271 Å². The maximum Gasteiger partial charge on any atom is 0.247 e. The van der Waals surface area contributed by atoms with Gasteiger partial charge in [-0.15, -0.1) is 0 Å². The number of aryl methyl sites for hydroxylation is 1. The number of sulfonamides is 1. The summed E-state index contributed by atoms with van der Waals surface area (Å²) in [5.74, 6) is 0.761. The highest BCUT2D eigenvalue weighted by molar-refractivity contribution is 7.89. The van der Waals surface area contributed by atoms with Crippen LogP contribution < -0.4 is 19.5 Å². The highest BCUT2D eigenvalue weighted by Gasteiger charge is 2.31. The third kappa shape index (κ3) is 9.18. The molecule has 1 atom stereocenters. The fraction of sp³-hybridized carbons (Fsp3) is 0.278. The summed E-state index contributed by atoms with van der Waals surface area (Å²) >= 11 is 0. The lowest BCUT2D eigenvalue weighted by atomic mass is 10.0. The summed E-state index contributed by atoms with van der Waals surface area (Å²) in [6, 6.07) is 30.2. The lowest BCUT2D eigenvalue weighted by molar-refractivity contribution is -0.141. The number of nitrogens with zero attached hydrogens (tertiary/aromatic N) is 1. The minimum Gasteiger partial charge on any atom is -0.493 e. The van der Waals surface area contributed by atoms with Crippen LogP contribution in [0.3, 0.4) is 0 Å². The van der Waals surface area contributed by atoms with Crippen LogP contribution in [0.2, 0.25) is 0 Å². The smallest absolute Gasteiger partial charge is 0.247 e. The predicted molar refractivity (Wildman–Crippen MR) is 178 cm³/mol. The number of methoxy groups -OCH3 is 2. The second kappa shape index (κ2) is 16.6. The summed E-state index contributed by atoms with van der Waals surface area (Å²) < 4.78 is 37.9. The number of carbonyl (C=O) groups excluding carboxylic acids is 2. The van der Waals surface area contributed by atoms with Gasteiger partial charge in [0, 0.05) is 26.1 Å². The van der Waals surface area contributed by atoms with E-state index in [4.69, 9.17) is 9.47 Å². The molecule has 4 aromatic carbocycles. The molecule has 0 bridgehead atoms. The summed E-state index contributed by atoms with van der Waals surface area (Å²) in [6.07, 6.45) is 1.07. The van der Waals surface area contributed by atoms with Crippen molar-refractivity contribution in [3.05, 3.63) is 125 Å². The molecule has 4 rings (SSSR count). The maximum absolute atomic E-state index is 14.0. The molecule has 0 aromatic heterocycles. The van der Waals surface area contributed by atoms with E-state index in [2.05, 4.69) is 10.0 Å². The van der Waals surface area contributed by atoms with E-state index < -0.39 is 16.1 Å². The van der Waals surface area contributed by atoms with Crippen LogP contribution in [-0.2, 0) is 39.0 Å². The summed E-state index contributed by atoms with van der Waals surface area (Å²) in [6.45, 7) is 2.61. The first-order valence-corrected chi connectivity index (χ1v) is 16.7. The van der Waals surface area contributed by atoms with Crippen LogP contribution >= 0.6 is 0 Å². The second-order valence-corrected chi connectivity index (χ2v) is 12.5. The first kappa shape index (κ1) is 34.2. The Hall–Kier alpha value is -4.67. The van der Waals surface area contributed by atoms with Crippen molar-refractivity contribution in [3.8, 4) is 11.5 Å². The molecule has 0 aliphatic rings. The van der Waals surface area contributed by atoms with E-state index in [0.29, 0.717) is 43.0 Å². The average Bonchev–Trinajstić information content (AvgIpc) is 3.08. The molecule has 0 aliphatic heterocycles. The van der Waals surface area contributed by atoms with Crippen LogP contribution in [0.1, 0.15) is 41.6 Å². The zero-order valence-corrected chi connectivity index (χ0v) is 27.3. The number of amides is 2. The fourth-order valence-corrected chi connectivity index (χ4v) is 6.22. The quantitative estimate of drug-likeness (QED) is 0.176. The fourth-order valence-electron chi connectivity index (χ4n) is 5.18. The molecule has 242 valence electrons. The Balaban J connectivity index is 1.55. The van der Waals surface area contributed by atoms with Gasteiger partial charge < -0.3 is 19.7 Å². The summed E-state index contributed by atoms with van der Waals surface area (Å²) in [4.78, 5) is 29.7. The zero-order valence-electron chi connectivity index (χ0n) is 26.4. The summed E-state index contributed by atoms with van der Waals surface area (Å²) in [5.41, 5.74) is 3.39. The van der Waals surface area contributed by atoms with Crippen molar-refractivity contribution < 1.29 is 27.5 Å². The molecule has 0 spiro atoms. The number of nitrogens with one attached hydrogen (secondary N) is 2. The Morgan fingerprint density at radius 3 is 2.02 bits per heavy atom. The van der Waals surface area contributed by atoms with Gasteiger partial charge in [0.25, 0.3) is 0 Å². The highest BCUT2D eigenvalue weighted by Crippen LogP contribution is 2.28. The molecule has 10 heteroatoms. The molecule has 46 heavy (non-hydrogen) atoms. The molecule has 0 saturated carbocycles. The number of rotatable bonds is 16. The standard InChI is InChI=1S/C36H41N3O6S/c1-4-38-46(42,43)31-19-15-27(16-20-31)18-22-34(40)39(26-29-11-7-5-8-12-29)35(30-13-9-6-10-14-30)36(41)37-24-23-28-17-21-32(44-2)33(25-28)45-3/h5-17,19-21,25,35,38H,4,18,22-24,26H2,1-3H3,(H,37,41)/t35-/m0/s1. The van der Waals surface area contributed by atoms with Gasteiger partial charge in [0.1, 0.15) is 6.04 Å². The Morgan fingerprint density at radius 2 is 1.39 bits per heavy atom. The highest BCUT2D eigenvalue weighted by atomic mass is 32.2. The average molecular weight is 644 g/mol. The normalized spacial score (nSPS) is 11.8. The molecule has 0 unspecified atom stereocenters. The predicted octanol–water partition coefficient (Wildman–Crippen LogP) is 5.06. The lowest BCUT2D eigenvalue weighted by Crippen LogP contribution is -2.44. The number of hydrogen-bond acceptors (Lipinski definition) is 6. The van der Waals surface area contributed by atoms with Crippen LogP contribution in [0.4, 0.5) is 0 Å². The van der Waals surface area contributed by atoms with Gasteiger partial charge >= 0.3 is 0 Å². The second-order valence-electron chi connectivity index (χ2n) is 10.7. The Morgan fingerprint density at radius 1 is 0.761 bits per heavy atom. The third-order valence-electron chi connectivity index (χ3n) is 7.55. The van der Waals surface area contributed by atoms with Gasteiger partial charge in [-0.2, -0.15) is 0 Å². The maximum atomic E-state index is 14.0. The van der Waals surface area contributed by atoms with E-state index in [0.717, 1.165) is 16.7 Å². The van der Waals surface area contributed by atoms with Crippen LogP contribution in [0.15, 0.2) is 108 Å². The van der Waals surface area contributed by atoms with Gasteiger partial charge in [0.05, 0.1) is 19.1 Å². The largest absolute Gasteiger partial charge is 0.493 e. The summed E-state index contributed by atoms with van der Waals surface area (Å²) in [7, 11) is -0.410. The van der Waals surface area contributed by atoms with Crippen LogP contribution in [0, 0.1) is 0 Å². The molecule has 0 radical (unpaired) electrons. The van der Waals surface area contributed by atoms with Crippen molar-refractivity contribution in [1.29, 1.82) is 0 Å². The molecule has 4 aromatic rings. The monoisotopic (exact) mass is 643 g/mol. The summed E-state index contributed by atoms with van der Waals surface area (Å²) in [5, 5.41) is 3.05.